The molecule has 2 aliphatic heterocycles. The molecule has 0 aromatic heterocycles. The Kier molecular flexibility index (Phi) is 4.65. The van der Waals surface area contributed by atoms with E-state index < -0.39 is 5.97 Å². The van der Waals surface area contributed by atoms with Gasteiger partial charge in [-0.1, -0.05) is 12.2 Å². The number of esters is 1. The van der Waals surface area contributed by atoms with Gasteiger partial charge in [0, 0.05) is 0 Å². The molecule has 9 heteroatoms. The molecule has 1 saturated heterocycles. The van der Waals surface area contributed by atoms with Crippen molar-refractivity contribution in [2.45, 2.75) is 6.42 Å². The number of imide groups is 1. The van der Waals surface area contributed by atoms with Crippen molar-refractivity contribution in [1.29, 1.82) is 0 Å². The van der Waals surface area contributed by atoms with Crippen molar-refractivity contribution in [2.24, 2.45) is 28.8 Å². The van der Waals surface area contributed by atoms with E-state index >= 15 is 0 Å². The molecule has 1 saturated carbocycles. The highest BCUT2D eigenvalue weighted by Gasteiger charge is 2.59. The molecule has 0 spiro atoms. The number of hydrogen-bond donors (Lipinski definition) is 0. The van der Waals surface area contributed by atoms with Gasteiger partial charge in [-0.25, -0.2) is 4.79 Å². The van der Waals surface area contributed by atoms with Crippen molar-refractivity contribution >= 4 is 24.0 Å². The normalized spacial score (nSPS) is 26.0. The van der Waals surface area contributed by atoms with Crippen LogP contribution in [0.3, 0.4) is 0 Å². The predicted octanol–water partition coefficient (Wildman–Crippen LogP) is 2.78. The summed E-state index contributed by atoms with van der Waals surface area (Å²) in [6, 6.07) is 9.63. The molecule has 2 heterocycles. The van der Waals surface area contributed by atoms with Crippen LogP contribution < -0.4 is 18.9 Å². The Labute approximate surface area is 194 Å². The highest BCUT2D eigenvalue weighted by Crippen LogP contribution is 2.52. The van der Waals surface area contributed by atoms with Gasteiger partial charge in [-0.15, -0.1) is 0 Å². The number of carbonyl (C=O) groups excluding carboxylic acids is 3. The molecule has 2 fully saturated rings. The molecule has 2 amide bonds. The average Bonchev–Trinajstić information content (AvgIpc) is 3.63. The Balaban J connectivity index is 1.18. The molecule has 2 aromatic carbocycles. The minimum absolute atomic E-state index is 0.110. The number of carbonyl (C=O) groups is 3. The van der Waals surface area contributed by atoms with Crippen molar-refractivity contribution in [1.82, 2.24) is 5.01 Å². The molecule has 6 rings (SSSR count). The SMILES string of the molecule is COc1cc(C=NN2C(=O)C3C4C=CC(C4)C3C2=O)ccc1OC(=O)c1ccc2c(c1)OCO2. The minimum atomic E-state index is -0.582. The Morgan fingerprint density at radius 1 is 1.00 bits per heavy atom. The first kappa shape index (κ1) is 20.5. The average molecular weight is 460 g/mol. The van der Waals surface area contributed by atoms with Crippen LogP contribution in [0.15, 0.2) is 53.7 Å². The number of rotatable bonds is 5. The standard InChI is InChI=1S/C25H20N2O7/c1-31-19-8-13(11-26-27-23(28)21-14-3-4-15(9-14)22(21)24(27)29)2-6-18(19)34-25(30)16-5-7-17-20(10-16)33-12-32-17/h2-8,10-11,14-15,21-22H,9,12H2,1H3. The molecule has 0 N–H and O–H groups in total. The zero-order chi connectivity index (χ0) is 23.4. The van der Waals surface area contributed by atoms with Gasteiger partial charge >= 0.3 is 5.97 Å². The van der Waals surface area contributed by atoms with Gasteiger partial charge in [0.1, 0.15) is 0 Å². The summed E-state index contributed by atoms with van der Waals surface area (Å²) in [6.45, 7) is 0.110. The second kappa shape index (κ2) is 7.72. The lowest BCUT2D eigenvalue weighted by atomic mass is 9.85. The fourth-order valence-corrected chi connectivity index (χ4v) is 5.16. The number of allylic oxidation sites excluding steroid dienone is 2. The molecule has 172 valence electrons. The summed E-state index contributed by atoms with van der Waals surface area (Å²) in [5.41, 5.74) is 0.885. The third-order valence-electron chi connectivity index (χ3n) is 6.77. The topological polar surface area (TPSA) is 104 Å². The fourth-order valence-electron chi connectivity index (χ4n) is 5.16. The maximum atomic E-state index is 12.8. The Hall–Kier alpha value is -4.14. The summed E-state index contributed by atoms with van der Waals surface area (Å²) in [5.74, 6) is 0.154. The second-order valence-corrected chi connectivity index (χ2v) is 8.60. The van der Waals surface area contributed by atoms with Crippen LogP contribution in [-0.2, 0) is 9.59 Å². The second-order valence-electron chi connectivity index (χ2n) is 8.60. The fraction of sp³-hybridized carbons (Fsp3) is 0.280. The van der Waals surface area contributed by atoms with Gasteiger partial charge in [-0.3, -0.25) is 9.59 Å². The lowest BCUT2D eigenvalue weighted by Gasteiger charge is -2.13. The monoisotopic (exact) mass is 460 g/mol. The van der Waals surface area contributed by atoms with Crippen LogP contribution in [0.2, 0.25) is 0 Å². The van der Waals surface area contributed by atoms with E-state index in [-0.39, 0.29) is 48.0 Å². The molecular weight excluding hydrogens is 440 g/mol. The van der Waals surface area contributed by atoms with E-state index in [0.29, 0.717) is 28.4 Å². The largest absolute Gasteiger partial charge is 0.493 e. The summed E-state index contributed by atoms with van der Waals surface area (Å²) < 4.78 is 21.4. The van der Waals surface area contributed by atoms with Crippen LogP contribution >= 0.6 is 0 Å². The third-order valence-corrected chi connectivity index (χ3v) is 6.77. The van der Waals surface area contributed by atoms with Crippen LogP contribution in [0.25, 0.3) is 0 Å². The maximum absolute atomic E-state index is 12.8. The summed E-state index contributed by atoms with van der Waals surface area (Å²) in [5, 5.41) is 5.16. The Morgan fingerprint density at radius 3 is 2.47 bits per heavy atom. The number of hydrogen-bond acceptors (Lipinski definition) is 8. The summed E-state index contributed by atoms with van der Waals surface area (Å²) in [6.07, 6.45) is 6.38. The molecule has 2 aromatic rings. The van der Waals surface area contributed by atoms with Gasteiger partial charge in [0.2, 0.25) is 6.79 Å². The van der Waals surface area contributed by atoms with Crippen molar-refractivity contribution in [3.8, 4) is 23.0 Å². The van der Waals surface area contributed by atoms with Gasteiger partial charge in [0.25, 0.3) is 11.8 Å². The smallest absolute Gasteiger partial charge is 0.343 e. The van der Waals surface area contributed by atoms with Crippen LogP contribution in [-0.4, -0.2) is 42.9 Å². The van der Waals surface area contributed by atoms with E-state index in [1.807, 2.05) is 12.2 Å². The number of amides is 2. The van der Waals surface area contributed by atoms with Crippen molar-refractivity contribution in [2.75, 3.05) is 13.9 Å². The zero-order valence-corrected chi connectivity index (χ0v) is 18.2. The number of fused-ring (bicyclic) bond motifs is 6. The molecule has 4 unspecified atom stereocenters. The number of ether oxygens (including phenoxy) is 4. The first-order valence-electron chi connectivity index (χ1n) is 10.9. The van der Waals surface area contributed by atoms with Crippen LogP contribution in [0.1, 0.15) is 22.3 Å². The number of benzene rings is 2. The van der Waals surface area contributed by atoms with Crippen LogP contribution in [0, 0.1) is 23.7 Å². The van der Waals surface area contributed by atoms with E-state index in [0.717, 1.165) is 11.4 Å². The lowest BCUT2D eigenvalue weighted by Crippen LogP contribution is -2.28. The summed E-state index contributed by atoms with van der Waals surface area (Å²) >= 11 is 0. The molecule has 2 bridgehead atoms. The van der Waals surface area contributed by atoms with Crippen molar-refractivity contribution < 1.29 is 33.3 Å². The van der Waals surface area contributed by atoms with E-state index in [9.17, 15) is 14.4 Å². The Morgan fingerprint density at radius 2 is 1.74 bits per heavy atom. The molecule has 9 nitrogen and oxygen atoms in total. The number of nitrogens with zero attached hydrogens (tertiary/aromatic N) is 2. The molecule has 2 aliphatic carbocycles. The Bertz CT molecular complexity index is 1250. The van der Waals surface area contributed by atoms with Crippen molar-refractivity contribution in [3.05, 3.63) is 59.7 Å². The first-order valence-corrected chi connectivity index (χ1v) is 10.9. The first-order chi connectivity index (χ1) is 16.5. The van der Waals surface area contributed by atoms with Gasteiger partial charge < -0.3 is 18.9 Å². The van der Waals surface area contributed by atoms with E-state index in [2.05, 4.69) is 5.10 Å². The lowest BCUT2D eigenvalue weighted by molar-refractivity contribution is -0.140. The maximum Gasteiger partial charge on any atom is 0.343 e. The van der Waals surface area contributed by atoms with Gasteiger partial charge in [0.05, 0.1) is 30.7 Å². The predicted molar refractivity (Wildman–Crippen MR) is 118 cm³/mol. The van der Waals surface area contributed by atoms with E-state index in [1.54, 1.807) is 36.4 Å². The van der Waals surface area contributed by atoms with Gasteiger partial charge in [0.15, 0.2) is 23.0 Å². The van der Waals surface area contributed by atoms with Gasteiger partial charge in [-0.2, -0.15) is 10.1 Å². The third kappa shape index (κ3) is 3.15. The quantitative estimate of drug-likeness (QED) is 0.222. The van der Waals surface area contributed by atoms with E-state index in [1.165, 1.54) is 13.3 Å². The molecule has 4 atom stereocenters. The molecule has 34 heavy (non-hydrogen) atoms. The summed E-state index contributed by atoms with van der Waals surface area (Å²) in [4.78, 5) is 38.1. The van der Waals surface area contributed by atoms with Crippen LogP contribution in [0.4, 0.5) is 0 Å². The molecule has 0 radical (unpaired) electrons. The summed E-state index contributed by atoms with van der Waals surface area (Å²) in [7, 11) is 1.45. The molecule has 4 aliphatic rings. The number of hydrazone groups is 1. The van der Waals surface area contributed by atoms with Crippen LogP contribution in [0.5, 0.6) is 23.0 Å². The van der Waals surface area contributed by atoms with E-state index in [4.69, 9.17) is 18.9 Å². The zero-order valence-electron chi connectivity index (χ0n) is 18.2. The minimum Gasteiger partial charge on any atom is -0.493 e. The molecular formula is C25H20N2O7. The highest BCUT2D eigenvalue weighted by molar-refractivity contribution is 6.06. The van der Waals surface area contributed by atoms with Crippen molar-refractivity contribution in [3.63, 3.8) is 0 Å². The van der Waals surface area contributed by atoms with Gasteiger partial charge in [-0.05, 0) is 60.2 Å². The number of methoxy groups -OCH3 is 1. The highest BCUT2D eigenvalue weighted by atomic mass is 16.7.